The van der Waals surface area contributed by atoms with Crippen LogP contribution in [-0.4, -0.2) is 67.6 Å². The standard InChI is InChI=1S/C20H26F3NO4S/c1-27-17-8-13(20(21,22)23)9-18(29-2)19(17)16(26)7-12-11-28-6-4-15(12)24-5-3-14(25)10-24/h8-9,12,14-15,25H,3-7,10-11H2,1-2H3/t12-,14?,15-/m0/s1. The van der Waals surface area contributed by atoms with E-state index < -0.39 is 11.7 Å². The Hall–Kier alpha value is -1.29. The Morgan fingerprint density at radius 1 is 1.38 bits per heavy atom. The molecule has 1 aromatic carbocycles. The maximum atomic E-state index is 13.2. The van der Waals surface area contributed by atoms with E-state index in [1.165, 1.54) is 7.11 Å². The zero-order valence-corrected chi connectivity index (χ0v) is 17.3. The zero-order valence-electron chi connectivity index (χ0n) is 16.5. The molecule has 3 atom stereocenters. The van der Waals surface area contributed by atoms with Gasteiger partial charge in [-0.2, -0.15) is 13.2 Å². The van der Waals surface area contributed by atoms with E-state index in [0.717, 1.165) is 36.9 Å². The molecule has 29 heavy (non-hydrogen) atoms. The van der Waals surface area contributed by atoms with Crippen molar-refractivity contribution in [2.45, 2.75) is 42.5 Å². The molecule has 1 N–H and O–H groups in total. The number of thioether (sulfide) groups is 1. The van der Waals surface area contributed by atoms with Crippen LogP contribution >= 0.6 is 11.8 Å². The summed E-state index contributed by atoms with van der Waals surface area (Å²) in [6, 6.07) is 2.01. The second kappa shape index (κ2) is 9.24. The minimum Gasteiger partial charge on any atom is -0.496 e. The summed E-state index contributed by atoms with van der Waals surface area (Å²) in [5.41, 5.74) is -0.640. The molecule has 2 heterocycles. The summed E-state index contributed by atoms with van der Waals surface area (Å²) in [6.45, 7) is 2.37. The molecule has 2 aliphatic rings. The minimum absolute atomic E-state index is 0.0564. The van der Waals surface area contributed by atoms with Gasteiger partial charge in [0.25, 0.3) is 0 Å². The number of methoxy groups -OCH3 is 1. The SMILES string of the molecule is COc1cc(C(F)(F)F)cc(SC)c1C(=O)C[C@H]1COCC[C@@H]1N1CCC(O)C1. The molecule has 0 spiro atoms. The van der Waals surface area contributed by atoms with Crippen LogP contribution in [0.2, 0.25) is 0 Å². The fourth-order valence-electron chi connectivity index (χ4n) is 4.22. The van der Waals surface area contributed by atoms with Gasteiger partial charge in [-0.25, -0.2) is 0 Å². The third-order valence-electron chi connectivity index (χ3n) is 5.66. The summed E-state index contributed by atoms with van der Waals surface area (Å²) in [6.07, 6.45) is -1.59. The lowest BCUT2D eigenvalue weighted by Gasteiger charge is -2.37. The number of hydrogen-bond donors (Lipinski definition) is 1. The first-order valence-corrected chi connectivity index (χ1v) is 10.8. The number of ketones is 1. The Bertz CT molecular complexity index is 718. The van der Waals surface area contributed by atoms with Crippen LogP contribution in [0.4, 0.5) is 13.2 Å². The molecule has 0 aromatic heterocycles. The lowest BCUT2D eigenvalue weighted by Crippen LogP contribution is -2.45. The van der Waals surface area contributed by atoms with Crippen molar-refractivity contribution in [2.75, 3.05) is 39.7 Å². The highest BCUT2D eigenvalue weighted by molar-refractivity contribution is 7.98. The van der Waals surface area contributed by atoms with Crippen LogP contribution in [-0.2, 0) is 10.9 Å². The summed E-state index contributed by atoms with van der Waals surface area (Å²) in [5.74, 6) is -0.387. The molecule has 0 radical (unpaired) electrons. The van der Waals surface area contributed by atoms with Gasteiger partial charge < -0.3 is 14.6 Å². The first-order valence-electron chi connectivity index (χ1n) is 9.60. The molecule has 0 aliphatic carbocycles. The molecule has 5 nitrogen and oxygen atoms in total. The number of rotatable bonds is 6. The quantitative estimate of drug-likeness (QED) is 0.548. The van der Waals surface area contributed by atoms with Crippen LogP contribution in [0.3, 0.4) is 0 Å². The number of likely N-dealkylation sites (tertiary alicyclic amines) is 1. The summed E-state index contributed by atoms with van der Waals surface area (Å²) in [4.78, 5) is 15.6. The number of ether oxygens (including phenoxy) is 2. The first kappa shape index (κ1) is 22.4. The van der Waals surface area contributed by atoms with Gasteiger partial charge in [0, 0.05) is 43.0 Å². The number of alkyl halides is 3. The predicted octanol–water partition coefficient (Wildman–Crippen LogP) is 3.48. The van der Waals surface area contributed by atoms with Crippen LogP contribution < -0.4 is 4.74 Å². The predicted molar refractivity (Wildman–Crippen MR) is 104 cm³/mol. The zero-order chi connectivity index (χ0) is 21.2. The fourth-order valence-corrected chi connectivity index (χ4v) is 4.88. The number of nitrogens with zero attached hydrogens (tertiary/aromatic N) is 1. The number of carbonyl (C=O) groups is 1. The maximum absolute atomic E-state index is 13.2. The van der Waals surface area contributed by atoms with Crippen molar-refractivity contribution in [1.82, 2.24) is 4.90 Å². The van der Waals surface area contributed by atoms with Gasteiger partial charge in [0.1, 0.15) is 5.75 Å². The minimum atomic E-state index is -4.52. The topological polar surface area (TPSA) is 59.0 Å². The third-order valence-corrected chi connectivity index (χ3v) is 6.42. The highest BCUT2D eigenvalue weighted by Gasteiger charge is 2.37. The molecule has 1 unspecified atom stereocenters. The summed E-state index contributed by atoms with van der Waals surface area (Å²) in [5, 5.41) is 9.85. The van der Waals surface area contributed by atoms with Crippen molar-refractivity contribution < 1.29 is 32.5 Å². The second-order valence-corrected chi connectivity index (χ2v) is 8.36. The van der Waals surface area contributed by atoms with Gasteiger partial charge in [-0.05, 0) is 31.2 Å². The highest BCUT2D eigenvalue weighted by atomic mass is 32.2. The maximum Gasteiger partial charge on any atom is 0.416 e. The van der Waals surface area contributed by atoms with Crippen LogP contribution in [0.1, 0.15) is 35.2 Å². The molecule has 162 valence electrons. The van der Waals surface area contributed by atoms with Crippen molar-refractivity contribution in [2.24, 2.45) is 5.92 Å². The van der Waals surface area contributed by atoms with E-state index in [2.05, 4.69) is 4.90 Å². The Balaban J connectivity index is 1.85. The molecule has 3 rings (SSSR count). The number of β-amino-alcohol motifs (C(OH)–C–C–N with tert-alkyl or cyclic N) is 1. The van der Waals surface area contributed by atoms with Gasteiger partial charge in [0.05, 0.1) is 30.9 Å². The Morgan fingerprint density at radius 2 is 2.14 bits per heavy atom. The lowest BCUT2D eigenvalue weighted by atomic mass is 9.87. The first-order chi connectivity index (χ1) is 13.7. The van der Waals surface area contributed by atoms with E-state index in [9.17, 15) is 23.1 Å². The van der Waals surface area contributed by atoms with Gasteiger partial charge in [-0.3, -0.25) is 9.69 Å². The third kappa shape index (κ3) is 5.07. The van der Waals surface area contributed by atoms with E-state index in [-0.39, 0.29) is 46.5 Å². The van der Waals surface area contributed by atoms with Crippen LogP contribution in [0.25, 0.3) is 0 Å². The van der Waals surface area contributed by atoms with E-state index in [1.807, 2.05) is 0 Å². The van der Waals surface area contributed by atoms with Crippen molar-refractivity contribution in [1.29, 1.82) is 0 Å². The Kier molecular flexibility index (Phi) is 7.14. The van der Waals surface area contributed by atoms with Crippen LogP contribution in [0, 0.1) is 5.92 Å². The Labute approximate surface area is 172 Å². The van der Waals surface area contributed by atoms with E-state index in [1.54, 1.807) is 6.26 Å². The molecule has 0 saturated carbocycles. The molecule has 2 aliphatic heterocycles. The fraction of sp³-hybridized carbons (Fsp3) is 0.650. The van der Waals surface area contributed by atoms with Crippen molar-refractivity contribution in [3.63, 3.8) is 0 Å². The van der Waals surface area contributed by atoms with E-state index >= 15 is 0 Å². The molecule has 0 bridgehead atoms. The second-order valence-electron chi connectivity index (χ2n) is 7.51. The van der Waals surface area contributed by atoms with Gasteiger partial charge in [0.15, 0.2) is 5.78 Å². The van der Waals surface area contributed by atoms with E-state index in [4.69, 9.17) is 9.47 Å². The average molecular weight is 433 g/mol. The van der Waals surface area contributed by atoms with Crippen molar-refractivity contribution in [3.05, 3.63) is 23.3 Å². The van der Waals surface area contributed by atoms with Crippen LogP contribution in [0.15, 0.2) is 17.0 Å². The number of hydrogen-bond acceptors (Lipinski definition) is 6. The molecule has 2 saturated heterocycles. The largest absolute Gasteiger partial charge is 0.496 e. The number of Topliss-reactive ketones (excluding diaryl/α,β-unsaturated/α-hetero) is 1. The highest BCUT2D eigenvalue weighted by Crippen LogP contribution is 2.39. The molecule has 9 heteroatoms. The number of carbonyl (C=O) groups excluding carboxylic acids is 1. The smallest absolute Gasteiger partial charge is 0.416 e. The number of benzene rings is 1. The number of halogens is 3. The lowest BCUT2D eigenvalue weighted by molar-refractivity contribution is -0.137. The molecule has 1 aromatic rings. The molecular weight excluding hydrogens is 407 g/mol. The molecule has 2 fully saturated rings. The normalized spacial score (nSPS) is 25.9. The van der Waals surface area contributed by atoms with Gasteiger partial charge >= 0.3 is 6.18 Å². The van der Waals surface area contributed by atoms with Crippen molar-refractivity contribution in [3.8, 4) is 5.75 Å². The summed E-state index contributed by atoms with van der Waals surface area (Å²) in [7, 11) is 1.27. The van der Waals surface area contributed by atoms with Gasteiger partial charge in [-0.15, -0.1) is 11.8 Å². The van der Waals surface area contributed by atoms with Crippen LogP contribution in [0.5, 0.6) is 5.75 Å². The van der Waals surface area contributed by atoms with Crippen molar-refractivity contribution >= 4 is 17.5 Å². The average Bonchev–Trinajstić information content (AvgIpc) is 3.12. The van der Waals surface area contributed by atoms with Gasteiger partial charge in [-0.1, -0.05) is 0 Å². The molecular formula is C20H26F3NO4S. The summed E-state index contributed by atoms with van der Waals surface area (Å²) < 4.78 is 50.3. The monoisotopic (exact) mass is 433 g/mol. The Morgan fingerprint density at radius 3 is 2.72 bits per heavy atom. The van der Waals surface area contributed by atoms with Gasteiger partial charge in [0.2, 0.25) is 0 Å². The number of aliphatic hydroxyl groups is 1. The van der Waals surface area contributed by atoms with E-state index in [0.29, 0.717) is 26.2 Å². The summed E-state index contributed by atoms with van der Waals surface area (Å²) >= 11 is 1.10. The molecule has 0 amide bonds. The number of aliphatic hydroxyl groups excluding tert-OH is 1.